The molecule has 0 spiro atoms. The van der Waals surface area contributed by atoms with Gasteiger partial charge in [0.2, 0.25) is 5.82 Å². The highest BCUT2D eigenvalue weighted by atomic mass is 16.5. The van der Waals surface area contributed by atoms with Crippen molar-refractivity contribution in [1.29, 1.82) is 0 Å². The number of rotatable bonds is 4. The lowest BCUT2D eigenvalue weighted by Gasteiger charge is -2.05. The van der Waals surface area contributed by atoms with Gasteiger partial charge in [0.15, 0.2) is 0 Å². The van der Waals surface area contributed by atoms with Gasteiger partial charge in [-0.1, -0.05) is 6.07 Å². The average Bonchev–Trinajstić information content (AvgIpc) is 3.00. The lowest BCUT2D eigenvalue weighted by molar-refractivity contribution is 0.0526. The molecule has 0 atom stereocenters. The van der Waals surface area contributed by atoms with Gasteiger partial charge in [0.1, 0.15) is 0 Å². The number of aromatic nitrogens is 4. The summed E-state index contributed by atoms with van der Waals surface area (Å²) in [7, 11) is 0. The molecule has 0 saturated carbocycles. The summed E-state index contributed by atoms with van der Waals surface area (Å²) in [6.45, 7) is 5.73. The number of fused-ring (bicyclic) bond motifs is 1. The van der Waals surface area contributed by atoms with Crippen molar-refractivity contribution in [1.82, 2.24) is 19.6 Å². The van der Waals surface area contributed by atoms with E-state index in [4.69, 9.17) is 4.74 Å². The number of carbonyl (C=O) groups is 2. The quantitative estimate of drug-likeness (QED) is 0.732. The number of hydrogen-bond donors (Lipinski definition) is 1. The van der Waals surface area contributed by atoms with E-state index in [9.17, 15) is 9.59 Å². The number of esters is 1. The molecule has 0 aliphatic carbocycles. The van der Waals surface area contributed by atoms with Crippen molar-refractivity contribution in [3.8, 4) is 0 Å². The highest BCUT2D eigenvalue weighted by molar-refractivity contribution is 6.02. The zero-order chi connectivity index (χ0) is 18.0. The fourth-order valence-corrected chi connectivity index (χ4v) is 2.39. The number of aryl methyl sites for hydroxylation is 2. The summed E-state index contributed by atoms with van der Waals surface area (Å²) in [6.07, 6.45) is 0. The maximum atomic E-state index is 12.4. The minimum atomic E-state index is -0.483. The molecular weight excluding hydrogens is 322 g/mol. The molecular formula is C17H17N5O3. The van der Waals surface area contributed by atoms with Gasteiger partial charge in [-0.3, -0.25) is 4.79 Å². The molecule has 128 valence electrons. The fourth-order valence-electron chi connectivity index (χ4n) is 2.39. The highest BCUT2D eigenvalue weighted by Gasteiger charge is 2.16. The van der Waals surface area contributed by atoms with Crippen LogP contribution in [0.25, 0.3) is 5.78 Å². The number of amides is 1. The van der Waals surface area contributed by atoms with E-state index >= 15 is 0 Å². The predicted molar refractivity (Wildman–Crippen MR) is 90.6 cm³/mol. The first-order valence-corrected chi connectivity index (χ1v) is 7.77. The maximum Gasteiger partial charge on any atom is 0.338 e. The molecule has 2 aromatic heterocycles. The number of ether oxygens (including phenoxy) is 1. The van der Waals surface area contributed by atoms with Crippen molar-refractivity contribution in [2.45, 2.75) is 20.8 Å². The van der Waals surface area contributed by atoms with Crippen LogP contribution in [0.15, 0.2) is 30.3 Å². The average molecular weight is 339 g/mol. The number of anilines is 1. The van der Waals surface area contributed by atoms with Crippen molar-refractivity contribution in [3.05, 3.63) is 53.1 Å². The summed E-state index contributed by atoms with van der Waals surface area (Å²) in [5, 5.41) is 6.85. The second-order valence-electron chi connectivity index (χ2n) is 5.44. The highest BCUT2D eigenvalue weighted by Crippen LogP contribution is 2.13. The first-order valence-electron chi connectivity index (χ1n) is 7.77. The molecule has 8 heteroatoms. The van der Waals surface area contributed by atoms with E-state index in [-0.39, 0.29) is 12.4 Å². The molecule has 0 saturated heterocycles. The topological polar surface area (TPSA) is 98.5 Å². The van der Waals surface area contributed by atoms with Crippen LogP contribution < -0.4 is 5.32 Å². The first-order chi connectivity index (χ1) is 12.0. The van der Waals surface area contributed by atoms with Crippen molar-refractivity contribution in [2.24, 2.45) is 0 Å². The Hall–Kier alpha value is -3.29. The van der Waals surface area contributed by atoms with Crippen LogP contribution in [-0.2, 0) is 4.74 Å². The van der Waals surface area contributed by atoms with Gasteiger partial charge in [0, 0.05) is 17.1 Å². The van der Waals surface area contributed by atoms with Crippen LogP contribution in [0.3, 0.4) is 0 Å². The normalized spacial score (nSPS) is 10.7. The number of hydrogen-bond acceptors (Lipinski definition) is 6. The van der Waals surface area contributed by atoms with E-state index in [1.54, 1.807) is 31.2 Å². The molecule has 0 unspecified atom stereocenters. The third-order valence-corrected chi connectivity index (χ3v) is 3.45. The fraction of sp³-hybridized carbons (Fsp3) is 0.235. The minimum Gasteiger partial charge on any atom is -0.462 e. The Morgan fingerprint density at radius 2 is 2.00 bits per heavy atom. The third-order valence-electron chi connectivity index (χ3n) is 3.45. The number of carbonyl (C=O) groups excluding carboxylic acids is 2. The summed E-state index contributed by atoms with van der Waals surface area (Å²) in [6, 6.07) is 8.34. The van der Waals surface area contributed by atoms with Crippen LogP contribution in [0.2, 0.25) is 0 Å². The van der Waals surface area contributed by atoms with Crippen LogP contribution in [-0.4, -0.2) is 38.1 Å². The lowest BCUT2D eigenvalue weighted by Crippen LogP contribution is -2.14. The molecule has 1 aromatic carbocycles. The van der Waals surface area contributed by atoms with E-state index in [2.05, 4.69) is 20.4 Å². The van der Waals surface area contributed by atoms with Gasteiger partial charge in [-0.15, -0.1) is 5.10 Å². The van der Waals surface area contributed by atoms with Gasteiger partial charge in [-0.05, 0) is 45.0 Å². The molecule has 0 radical (unpaired) electrons. The summed E-state index contributed by atoms with van der Waals surface area (Å²) in [4.78, 5) is 32.6. The van der Waals surface area contributed by atoms with Crippen molar-refractivity contribution < 1.29 is 14.3 Å². The second-order valence-corrected chi connectivity index (χ2v) is 5.44. The van der Waals surface area contributed by atoms with E-state index in [0.29, 0.717) is 17.0 Å². The van der Waals surface area contributed by atoms with Crippen molar-refractivity contribution in [2.75, 3.05) is 11.9 Å². The Morgan fingerprint density at radius 1 is 1.20 bits per heavy atom. The molecule has 2 heterocycles. The zero-order valence-corrected chi connectivity index (χ0v) is 14.1. The van der Waals surface area contributed by atoms with E-state index < -0.39 is 11.9 Å². The Labute approximate surface area is 143 Å². The Bertz CT molecular complexity index is 964. The van der Waals surface area contributed by atoms with Gasteiger partial charge >= 0.3 is 5.97 Å². The van der Waals surface area contributed by atoms with Crippen LogP contribution in [0.5, 0.6) is 0 Å². The molecule has 0 fully saturated rings. The van der Waals surface area contributed by atoms with E-state index in [0.717, 1.165) is 11.4 Å². The summed E-state index contributed by atoms with van der Waals surface area (Å²) < 4.78 is 6.46. The number of nitrogens with one attached hydrogen (secondary N) is 1. The first kappa shape index (κ1) is 16.6. The smallest absolute Gasteiger partial charge is 0.338 e. The van der Waals surface area contributed by atoms with Crippen LogP contribution >= 0.6 is 0 Å². The van der Waals surface area contributed by atoms with E-state index in [1.165, 1.54) is 4.52 Å². The Kier molecular flexibility index (Phi) is 4.42. The Morgan fingerprint density at radius 3 is 2.76 bits per heavy atom. The largest absolute Gasteiger partial charge is 0.462 e. The number of nitrogens with zero attached hydrogens (tertiary/aromatic N) is 4. The molecule has 1 amide bonds. The maximum absolute atomic E-state index is 12.4. The summed E-state index contributed by atoms with van der Waals surface area (Å²) >= 11 is 0. The van der Waals surface area contributed by atoms with Crippen LogP contribution in [0, 0.1) is 13.8 Å². The van der Waals surface area contributed by atoms with Gasteiger partial charge in [0.25, 0.3) is 11.7 Å². The van der Waals surface area contributed by atoms with Crippen molar-refractivity contribution >= 4 is 23.3 Å². The third kappa shape index (κ3) is 3.47. The summed E-state index contributed by atoms with van der Waals surface area (Å²) in [5.41, 5.74) is 2.44. The Balaban J connectivity index is 1.84. The second kappa shape index (κ2) is 6.68. The predicted octanol–water partition coefficient (Wildman–Crippen LogP) is 2.17. The van der Waals surface area contributed by atoms with Crippen molar-refractivity contribution in [3.63, 3.8) is 0 Å². The molecule has 0 aliphatic heterocycles. The molecule has 3 aromatic rings. The molecule has 8 nitrogen and oxygen atoms in total. The standard InChI is InChI=1S/C17H17N5O3/c1-4-25-16(24)12-6-5-7-13(9-12)19-15(23)14-20-17-18-10(2)8-11(3)22(17)21-14/h5-9H,4H2,1-3H3,(H,19,23). The van der Waals surface area contributed by atoms with Crippen LogP contribution in [0.1, 0.15) is 39.3 Å². The van der Waals surface area contributed by atoms with Gasteiger partial charge < -0.3 is 10.1 Å². The van der Waals surface area contributed by atoms with Gasteiger partial charge in [0.05, 0.1) is 12.2 Å². The molecule has 1 N–H and O–H groups in total. The molecule has 0 aliphatic rings. The molecule has 25 heavy (non-hydrogen) atoms. The minimum absolute atomic E-state index is 0.00253. The number of benzene rings is 1. The SMILES string of the molecule is CCOC(=O)c1cccc(NC(=O)c2nc3nc(C)cc(C)n3n2)c1. The molecule has 3 rings (SSSR count). The summed E-state index contributed by atoms with van der Waals surface area (Å²) in [5.74, 6) is -0.561. The monoisotopic (exact) mass is 339 g/mol. The van der Waals surface area contributed by atoms with E-state index in [1.807, 2.05) is 19.9 Å². The lowest BCUT2D eigenvalue weighted by atomic mass is 10.2. The zero-order valence-electron chi connectivity index (χ0n) is 14.1. The molecule has 0 bridgehead atoms. The van der Waals surface area contributed by atoms with Crippen LogP contribution in [0.4, 0.5) is 5.69 Å². The van der Waals surface area contributed by atoms with Gasteiger partial charge in [-0.25, -0.2) is 14.3 Å². The van der Waals surface area contributed by atoms with Gasteiger partial charge in [-0.2, -0.15) is 4.98 Å².